The van der Waals surface area contributed by atoms with Crippen LogP contribution in [0.2, 0.25) is 0 Å². The second-order valence-electron chi connectivity index (χ2n) is 3.08. The highest BCUT2D eigenvalue weighted by Gasteiger charge is 2.12. The number of amides is 1. The standard InChI is InChI=1S/C8H16N2O2/c9-8(11)6-12-7-2-1-4-10-5-3-7/h7,10H,1-6H2,(H2,9,11). The zero-order valence-corrected chi connectivity index (χ0v) is 7.21. The van der Waals surface area contributed by atoms with Crippen molar-refractivity contribution in [2.24, 2.45) is 5.73 Å². The lowest BCUT2D eigenvalue weighted by atomic mass is 10.2. The van der Waals surface area contributed by atoms with Gasteiger partial charge in [0.05, 0.1) is 6.10 Å². The normalized spacial score (nSPS) is 24.8. The highest BCUT2D eigenvalue weighted by atomic mass is 16.5. The highest BCUT2D eigenvalue weighted by Crippen LogP contribution is 2.08. The number of carbonyl (C=O) groups excluding carboxylic acids is 1. The van der Waals surface area contributed by atoms with Gasteiger partial charge in [-0.05, 0) is 32.4 Å². The minimum atomic E-state index is -0.382. The molecule has 3 N–H and O–H groups in total. The van der Waals surface area contributed by atoms with Gasteiger partial charge in [-0.15, -0.1) is 0 Å². The van der Waals surface area contributed by atoms with Crippen molar-refractivity contribution in [3.63, 3.8) is 0 Å². The maximum atomic E-state index is 10.4. The Hall–Kier alpha value is -0.610. The van der Waals surface area contributed by atoms with Crippen LogP contribution in [-0.2, 0) is 9.53 Å². The van der Waals surface area contributed by atoms with Crippen LogP contribution in [0.4, 0.5) is 0 Å². The summed E-state index contributed by atoms with van der Waals surface area (Å²) < 4.78 is 5.31. The Kier molecular flexibility index (Phi) is 4.04. The summed E-state index contributed by atoms with van der Waals surface area (Å²) in [6.07, 6.45) is 3.34. The number of carbonyl (C=O) groups is 1. The molecule has 0 aromatic heterocycles. The topological polar surface area (TPSA) is 64.4 Å². The first-order valence-electron chi connectivity index (χ1n) is 4.39. The van der Waals surface area contributed by atoms with Crippen LogP contribution in [0.25, 0.3) is 0 Å². The molecule has 0 aromatic carbocycles. The molecule has 1 rings (SSSR count). The number of hydrogen-bond acceptors (Lipinski definition) is 3. The quantitative estimate of drug-likeness (QED) is 0.610. The summed E-state index contributed by atoms with van der Waals surface area (Å²) in [6.45, 7) is 2.09. The van der Waals surface area contributed by atoms with Crippen LogP contribution in [0.15, 0.2) is 0 Å². The molecule has 0 aliphatic carbocycles. The smallest absolute Gasteiger partial charge is 0.243 e. The van der Waals surface area contributed by atoms with E-state index in [-0.39, 0.29) is 18.6 Å². The van der Waals surface area contributed by atoms with Crippen LogP contribution in [0, 0.1) is 0 Å². The first-order valence-corrected chi connectivity index (χ1v) is 4.39. The molecule has 1 heterocycles. The van der Waals surface area contributed by atoms with Crippen molar-refractivity contribution >= 4 is 5.91 Å². The molecule has 0 spiro atoms. The molecule has 1 aliphatic heterocycles. The van der Waals surface area contributed by atoms with E-state index in [2.05, 4.69) is 5.32 Å². The van der Waals surface area contributed by atoms with E-state index in [0.29, 0.717) is 0 Å². The molecule has 70 valence electrons. The van der Waals surface area contributed by atoms with Gasteiger partial charge in [0.15, 0.2) is 0 Å². The van der Waals surface area contributed by atoms with Crippen LogP contribution in [-0.4, -0.2) is 31.7 Å². The predicted octanol–water partition coefficient (Wildman–Crippen LogP) is -0.370. The summed E-state index contributed by atoms with van der Waals surface area (Å²) in [5, 5.41) is 3.27. The van der Waals surface area contributed by atoms with E-state index in [1.807, 2.05) is 0 Å². The third-order valence-electron chi connectivity index (χ3n) is 1.98. The van der Waals surface area contributed by atoms with Crippen molar-refractivity contribution in [3.05, 3.63) is 0 Å². The van der Waals surface area contributed by atoms with Gasteiger partial charge in [0.1, 0.15) is 6.61 Å². The Morgan fingerprint density at radius 2 is 2.33 bits per heavy atom. The summed E-state index contributed by atoms with van der Waals surface area (Å²) in [5.41, 5.74) is 4.97. The summed E-state index contributed by atoms with van der Waals surface area (Å²) in [7, 11) is 0. The molecule has 4 nitrogen and oxygen atoms in total. The fourth-order valence-electron chi connectivity index (χ4n) is 1.35. The van der Waals surface area contributed by atoms with Gasteiger partial charge >= 0.3 is 0 Å². The van der Waals surface area contributed by atoms with Crippen molar-refractivity contribution in [1.82, 2.24) is 5.32 Å². The van der Waals surface area contributed by atoms with Gasteiger partial charge in [-0.1, -0.05) is 0 Å². The second-order valence-corrected chi connectivity index (χ2v) is 3.08. The number of nitrogens with two attached hydrogens (primary N) is 1. The van der Waals surface area contributed by atoms with E-state index >= 15 is 0 Å². The largest absolute Gasteiger partial charge is 0.368 e. The minimum absolute atomic E-state index is 0.0602. The van der Waals surface area contributed by atoms with E-state index in [1.54, 1.807) is 0 Å². The summed E-state index contributed by atoms with van der Waals surface area (Å²) in [5.74, 6) is -0.382. The Balaban J connectivity index is 2.16. The molecule has 4 heteroatoms. The predicted molar refractivity (Wildman–Crippen MR) is 45.7 cm³/mol. The first-order chi connectivity index (χ1) is 5.79. The molecule has 1 fully saturated rings. The van der Waals surface area contributed by atoms with Crippen molar-refractivity contribution in [2.45, 2.75) is 25.4 Å². The molecule has 1 saturated heterocycles. The molecule has 1 atom stereocenters. The van der Waals surface area contributed by atoms with Crippen LogP contribution >= 0.6 is 0 Å². The van der Waals surface area contributed by atoms with Crippen LogP contribution < -0.4 is 11.1 Å². The zero-order chi connectivity index (χ0) is 8.81. The fourth-order valence-corrected chi connectivity index (χ4v) is 1.35. The molecule has 0 bridgehead atoms. The number of nitrogens with one attached hydrogen (secondary N) is 1. The molecule has 1 unspecified atom stereocenters. The summed E-state index contributed by atoms with van der Waals surface area (Å²) in [4.78, 5) is 10.4. The lowest BCUT2D eigenvalue weighted by Crippen LogP contribution is -2.24. The number of primary amides is 1. The lowest BCUT2D eigenvalue weighted by Gasteiger charge is -2.12. The van der Waals surface area contributed by atoms with Crippen molar-refractivity contribution in [3.8, 4) is 0 Å². The monoisotopic (exact) mass is 172 g/mol. The average Bonchev–Trinajstić information content (AvgIpc) is 2.28. The molecular weight excluding hydrogens is 156 g/mol. The van der Waals surface area contributed by atoms with E-state index in [9.17, 15) is 4.79 Å². The molecule has 0 saturated carbocycles. The van der Waals surface area contributed by atoms with Crippen molar-refractivity contribution in [1.29, 1.82) is 0 Å². The van der Waals surface area contributed by atoms with Crippen molar-refractivity contribution < 1.29 is 9.53 Å². The van der Waals surface area contributed by atoms with Crippen LogP contribution in [0.1, 0.15) is 19.3 Å². The van der Waals surface area contributed by atoms with Crippen molar-refractivity contribution in [2.75, 3.05) is 19.7 Å². The zero-order valence-electron chi connectivity index (χ0n) is 7.21. The Labute approximate surface area is 72.5 Å². The Morgan fingerprint density at radius 1 is 1.50 bits per heavy atom. The maximum Gasteiger partial charge on any atom is 0.243 e. The van der Waals surface area contributed by atoms with E-state index in [1.165, 1.54) is 0 Å². The maximum absolute atomic E-state index is 10.4. The lowest BCUT2D eigenvalue weighted by molar-refractivity contribution is -0.124. The molecule has 12 heavy (non-hydrogen) atoms. The SMILES string of the molecule is NC(=O)COC1CCCNCC1. The first kappa shape index (κ1) is 9.48. The molecule has 0 radical (unpaired) electrons. The Bertz CT molecular complexity index is 142. The molecule has 1 amide bonds. The molecular formula is C8H16N2O2. The third-order valence-corrected chi connectivity index (χ3v) is 1.98. The van der Waals surface area contributed by atoms with E-state index < -0.39 is 0 Å². The number of hydrogen-bond donors (Lipinski definition) is 2. The minimum Gasteiger partial charge on any atom is -0.368 e. The highest BCUT2D eigenvalue weighted by molar-refractivity contribution is 5.74. The van der Waals surface area contributed by atoms with Gasteiger partial charge in [-0.2, -0.15) is 0 Å². The molecule has 0 aromatic rings. The van der Waals surface area contributed by atoms with Gasteiger partial charge in [0.25, 0.3) is 0 Å². The number of ether oxygens (including phenoxy) is 1. The van der Waals surface area contributed by atoms with E-state index in [4.69, 9.17) is 10.5 Å². The molecule has 1 aliphatic rings. The fraction of sp³-hybridized carbons (Fsp3) is 0.875. The summed E-state index contributed by atoms with van der Waals surface area (Å²) in [6, 6.07) is 0. The van der Waals surface area contributed by atoms with Gasteiger partial charge in [0.2, 0.25) is 5.91 Å². The van der Waals surface area contributed by atoms with Gasteiger partial charge in [-0.25, -0.2) is 0 Å². The second kappa shape index (κ2) is 5.11. The van der Waals surface area contributed by atoms with Gasteiger partial charge < -0.3 is 15.8 Å². The number of rotatable bonds is 3. The third kappa shape index (κ3) is 3.69. The van der Waals surface area contributed by atoms with Crippen LogP contribution in [0.3, 0.4) is 0 Å². The summed E-state index contributed by atoms with van der Waals surface area (Å²) >= 11 is 0. The van der Waals surface area contributed by atoms with E-state index in [0.717, 1.165) is 32.4 Å². The average molecular weight is 172 g/mol. The van der Waals surface area contributed by atoms with Gasteiger partial charge in [-0.3, -0.25) is 4.79 Å². The Morgan fingerprint density at radius 3 is 3.08 bits per heavy atom. The van der Waals surface area contributed by atoms with Crippen LogP contribution in [0.5, 0.6) is 0 Å². The van der Waals surface area contributed by atoms with Gasteiger partial charge in [0, 0.05) is 0 Å².